The Balaban J connectivity index is 0.000000658. The van der Waals surface area contributed by atoms with Gasteiger partial charge in [0.1, 0.15) is 12.0 Å². The third-order valence-electron chi connectivity index (χ3n) is 4.95. The summed E-state index contributed by atoms with van der Waals surface area (Å²) in [5.74, 6) is 2.04. The van der Waals surface area contributed by atoms with E-state index in [-0.39, 0.29) is 4.24 Å². The van der Waals surface area contributed by atoms with E-state index in [1.165, 1.54) is 9.87 Å². The third-order valence-corrected chi connectivity index (χ3v) is 9.34. The largest absolute Gasteiger partial charge is 0.514 e. The lowest BCUT2D eigenvalue weighted by Gasteiger charge is -2.19. The van der Waals surface area contributed by atoms with Crippen LogP contribution < -0.4 is 11.1 Å². The second-order valence-corrected chi connectivity index (χ2v) is 12.2. The molecular formula is C24H43N5O5S3. The molecule has 1 aliphatic rings. The summed E-state index contributed by atoms with van der Waals surface area (Å²) >= 11 is -0.488. The molecule has 1 unspecified atom stereocenters. The van der Waals surface area contributed by atoms with Crippen LogP contribution in [0.3, 0.4) is 0 Å². The van der Waals surface area contributed by atoms with Crippen molar-refractivity contribution in [3.8, 4) is 0 Å². The molecule has 0 saturated carbocycles. The molecule has 13 heteroatoms. The predicted molar refractivity (Wildman–Crippen MR) is 157 cm³/mol. The van der Waals surface area contributed by atoms with Gasteiger partial charge in [0.05, 0.1) is 12.0 Å². The summed E-state index contributed by atoms with van der Waals surface area (Å²) < 4.78 is 49.6. The van der Waals surface area contributed by atoms with Crippen molar-refractivity contribution in [3.05, 3.63) is 44.8 Å². The molecule has 2 heterocycles. The summed E-state index contributed by atoms with van der Waals surface area (Å²) in [4.78, 5) is 0.654. The average molecular weight is 578 g/mol. The van der Waals surface area contributed by atoms with Crippen molar-refractivity contribution in [2.75, 3.05) is 19.6 Å². The number of sulfonamides is 1. The van der Waals surface area contributed by atoms with Crippen LogP contribution in [0.1, 0.15) is 79.6 Å². The van der Waals surface area contributed by atoms with Crippen molar-refractivity contribution in [1.29, 1.82) is 0 Å². The summed E-state index contributed by atoms with van der Waals surface area (Å²) in [6.45, 7) is 18.4. The summed E-state index contributed by atoms with van der Waals surface area (Å²) in [6, 6.07) is 2.07. The van der Waals surface area contributed by atoms with Crippen LogP contribution >= 0.6 is 11.8 Å². The Labute approximate surface area is 229 Å². The highest BCUT2D eigenvalue weighted by molar-refractivity contribution is 8.20. The summed E-state index contributed by atoms with van der Waals surface area (Å²) in [5.41, 5.74) is 8.00. The van der Waals surface area contributed by atoms with E-state index in [1.54, 1.807) is 40.9 Å². The SMILES string of the molecule is CC.CC1=NS(=O)N=C1NCCc1cc(C(C)C)co1.CCN(CC)S(=O)(=O)/C(=C\O)S/C(C)=C(\C)N. The molecule has 37 heavy (non-hydrogen) atoms. The summed E-state index contributed by atoms with van der Waals surface area (Å²) in [7, 11) is -3.62. The fourth-order valence-electron chi connectivity index (χ4n) is 2.69. The maximum atomic E-state index is 12.1. The number of aliphatic hydroxyl groups excluding tert-OH is 1. The van der Waals surface area contributed by atoms with Crippen LogP contribution in [0.5, 0.6) is 0 Å². The van der Waals surface area contributed by atoms with E-state index in [0.717, 1.165) is 23.9 Å². The third kappa shape index (κ3) is 11.5. The first-order valence-electron chi connectivity index (χ1n) is 12.2. The molecule has 0 amide bonds. The van der Waals surface area contributed by atoms with Gasteiger partial charge in [0.2, 0.25) is 0 Å². The topological polar surface area (TPSA) is 151 Å². The van der Waals surface area contributed by atoms with Crippen LogP contribution in [-0.2, 0) is 27.6 Å². The highest BCUT2D eigenvalue weighted by Gasteiger charge is 2.25. The fourth-order valence-corrected chi connectivity index (χ4v) is 6.10. The van der Waals surface area contributed by atoms with Gasteiger partial charge in [-0.3, -0.25) is 0 Å². The molecule has 1 aliphatic heterocycles. The van der Waals surface area contributed by atoms with Crippen LogP contribution in [0.4, 0.5) is 0 Å². The van der Waals surface area contributed by atoms with E-state index in [4.69, 9.17) is 15.3 Å². The number of hydrogen-bond donors (Lipinski definition) is 3. The molecule has 0 spiro atoms. The van der Waals surface area contributed by atoms with E-state index < -0.39 is 21.2 Å². The molecule has 0 bridgehead atoms. The molecule has 2 rings (SSSR count). The van der Waals surface area contributed by atoms with Gasteiger partial charge >= 0.3 is 0 Å². The quantitative estimate of drug-likeness (QED) is 0.330. The minimum Gasteiger partial charge on any atom is -0.514 e. The first-order valence-corrected chi connectivity index (χ1v) is 15.5. The van der Waals surface area contributed by atoms with E-state index in [2.05, 4.69) is 34.0 Å². The molecule has 0 aromatic carbocycles. The number of nitrogens with one attached hydrogen (secondary N) is 1. The second-order valence-electron chi connectivity index (χ2n) is 7.90. The van der Waals surface area contributed by atoms with Crippen LogP contribution in [0.2, 0.25) is 0 Å². The zero-order valence-corrected chi connectivity index (χ0v) is 25.8. The first kappa shape index (κ1) is 34.9. The maximum absolute atomic E-state index is 12.1. The number of amidine groups is 1. The Bertz CT molecular complexity index is 1100. The number of furan rings is 1. The predicted octanol–water partition coefficient (Wildman–Crippen LogP) is 4.97. The number of allylic oxidation sites excluding steroid dienone is 2. The lowest BCUT2D eigenvalue weighted by Crippen LogP contribution is -2.31. The highest BCUT2D eigenvalue weighted by Crippen LogP contribution is 2.31. The number of hydrogen-bond acceptors (Lipinski definition) is 8. The summed E-state index contributed by atoms with van der Waals surface area (Å²) in [5, 5.41) is 12.2. The molecule has 1 aromatic rings. The van der Waals surface area contributed by atoms with Crippen LogP contribution in [0.15, 0.2) is 46.6 Å². The van der Waals surface area contributed by atoms with Gasteiger partial charge in [-0.05, 0) is 38.3 Å². The van der Waals surface area contributed by atoms with Crippen LogP contribution in [-0.4, -0.2) is 53.2 Å². The zero-order valence-electron chi connectivity index (χ0n) is 23.4. The van der Waals surface area contributed by atoms with Gasteiger partial charge in [0, 0.05) is 36.7 Å². The van der Waals surface area contributed by atoms with Gasteiger partial charge in [-0.2, -0.15) is 8.70 Å². The number of thioether (sulfide) groups is 1. The van der Waals surface area contributed by atoms with Crippen molar-refractivity contribution >= 4 is 44.5 Å². The zero-order chi connectivity index (χ0) is 28.8. The van der Waals surface area contributed by atoms with Crippen molar-refractivity contribution in [2.24, 2.45) is 14.5 Å². The van der Waals surface area contributed by atoms with Gasteiger partial charge in [-0.15, -0.1) is 4.40 Å². The Morgan fingerprint density at radius 3 is 2.27 bits per heavy atom. The van der Waals surface area contributed by atoms with Crippen LogP contribution in [0.25, 0.3) is 0 Å². The molecule has 0 fully saturated rings. The van der Waals surface area contributed by atoms with E-state index in [9.17, 15) is 12.6 Å². The van der Waals surface area contributed by atoms with Gasteiger partial charge in [0.25, 0.3) is 21.2 Å². The minimum absolute atomic E-state index is 0.108. The number of rotatable bonds is 10. The molecular weight excluding hydrogens is 534 g/mol. The smallest absolute Gasteiger partial charge is 0.267 e. The van der Waals surface area contributed by atoms with Gasteiger partial charge in [0.15, 0.2) is 10.1 Å². The van der Waals surface area contributed by atoms with Gasteiger partial charge in [-0.1, -0.05) is 53.3 Å². The molecule has 4 N–H and O–H groups in total. The van der Waals surface area contributed by atoms with Crippen LogP contribution in [0, 0.1) is 0 Å². The van der Waals surface area contributed by atoms with Crippen molar-refractivity contribution < 1.29 is 22.2 Å². The first-order chi connectivity index (χ1) is 17.4. The lowest BCUT2D eigenvalue weighted by atomic mass is 10.1. The maximum Gasteiger partial charge on any atom is 0.267 e. The molecule has 0 aliphatic carbocycles. The van der Waals surface area contributed by atoms with E-state index >= 15 is 0 Å². The average Bonchev–Trinajstić information content (AvgIpc) is 3.45. The molecule has 212 valence electrons. The number of nitrogens with two attached hydrogens (primary N) is 1. The number of aliphatic hydroxyl groups is 1. The molecule has 10 nitrogen and oxygen atoms in total. The van der Waals surface area contributed by atoms with Gasteiger partial charge < -0.3 is 20.6 Å². The Morgan fingerprint density at radius 2 is 1.86 bits per heavy atom. The highest BCUT2D eigenvalue weighted by atomic mass is 32.3. The minimum atomic E-state index is -3.62. The Kier molecular flexibility index (Phi) is 16.4. The molecule has 0 saturated heterocycles. The van der Waals surface area contributed by atoms with E-state index in [1.807, 2.05) is 13.8 Å². The standard InChI is InChI=1S/C12H17N3O2S.C10H20N2O3S2.C2H6/c1-8(2)10-6-11(17-7-10)4-5-13-12-9(3)14-18(16)15-12;1-5-12(6-2)17(14,15)10(7-13)16-9(4)8(3)11;1-2/h6-8H,4-5H2,1-3H3,(H,13,15);7,13H,5-6,11H2,1-4H3;1-2H3/b;9-8+,10-7-;. The number of nitrogens with zero attached hydrogens (tertiary/aromatic N) is 3. The van der Waals surface area contributed by atoms with Crippen molar-refractivity contribution in [2.45, 2.75) is 74.7 Å². The van der Waals surface area contributed by atoms with Gasteiger partial charge in [-0.25, -0.2) is 12.6 Å². The normalized spacial score (nSPS) is 16.3. The molecule has 1 aromatic heterocycles. The Hall–Kier alpha value is -2.09. The monoisotopic (exact) mass is 577 g/mol. The molecule has 1 atom stereocenters. The fraction of sp³-hybridized carbons (Fsp3) is 0.583. The lowest BCUT2D eigenvalue weighted by molar-refractivity contribution is 0.446. The van der Waals surface area contributed by atoms with Crippen molar-refractivity contribution in [3.63, 3.8) is 0 Å². The van der Waals surface area contributed by atoms with Crippen molar-refractivity contribution in [1.82, 2.24) is 9.62 Å². The second kappa shape index (κ2) is 17.4. The summed E-state index contributed by atoms with van der Waals surface area (Å²) in [6.07, 6.45) is 3.19. The molecule has 0 radical (unpaired) electrons. The van der Waals surface area contributed by atoms with E-state index in [0.29, 0.717) is 54.0 Å². The Morgan fingerprint density at radius 1 is 1.27 bits per heavy atom.